The number of pyridine rings is 1. The van der Waals surface area contributed by atoms with E-state index in [-0.39, 0.29) is 11.4 Å². The molecule has 0 N–H and O–H groups in total. The van der Waals surface area contributed by atoms with E-state index in [1.807, 2.05) is 6.07 Å². The average molecular weight is 425 g/mol. The first kappa shape index (κ1) is 17.2. The molecule has 2 aromatic carbocycles. The molecule has 4 aromatic rings. The largest absolute Gasteiger partial charge is 0.339 e. The first-order valence-electron chi connectivity index (χ1n) is 8.08. The van der Waals surface area contributed by atoms with Gasteiger partial charge in [0.05, 0.1) is 16.0 Å². The van der Waals surface area contributed by atoms with Crippen LogP contribution in [0.2, 0.25) is 0 Å². The van der Waals surface area contributed by atoms with Crippen molar-refractivity contribution in [2.45, 2.75) is 6.92 Å². The number of aryl methyl sites for hydroxylation is 1. The lowest BCUT2D eigenvalue weighted by Crippen LogP contribution is -2.23. The molecule has 7 nitrogen and oxygen atoms in total. The van der Waals surface area contributed by atoms with Gasteiger partial charge >= 0.3 is 5.69 Å². The van der Waals surface area contributed by atoms with Crippen LogP contribution in [0.1, 0.15) is 5.56 Å². The van der Waals surface area contributed by atoms with Crippen LogP contribution in [0.3, 0.4) is 0 Å². The number of halogens is 1. The monoisotopic (exact) mass is 424 g/mol. The van der Waals surface area contributed by atoms with Crippen LogP contribution < -0.4 is 5.69 Å². The summed E-state index contributed by atoms with van der Waals surface area (Å²) in [6.07, 6.45) is 1.60. The van der Waals surface area contributed by atoms with Crippen molar-refractivity contribution in [3.8, 4) is 11.5 Å². The van der Waals surface area contributed by atoms with Gasteiger partial charge in [-0.15, -0.1) is 0 Å². The minimum atomic E-state index is -0.459. The van der Waals surface area contributed by atoms with Crippen molar-refractivity contribution in [3.05, 3.63) is 91.4 Å². The topological polar surface area (TPSA) is 83.0 Å². The summed E-state index contributed by atoms with van der Waals surface area (Å²) in [6, 6.07) is 15.6. The molecule has 0 radical (unpaired) electrons. The molecular formula is C19H13BrN4O3. The maximum absolute atomic E-state index is 13.3. The summed E-state index contributed by atoms with van der Waals surface area (Å²) < 4.78 is 3.57. The van der Waals surface area contributed by atoms with Gasteiger partial charge < -0.3 is 0 Å². The lowest BCUT2D eigenvalue weighted by Gasteiger charge is -2.06. The van der Waals surface area contributed by atoms with Crippen molar-refractivity contribution in [2.75, 3.05) is 0 Å². The number of nitro benzene ring substituents is 1. The van der Waals surface area contributed by atoms with Gasteiger partial charge in [-0.2, -0.15) is 0 Å². The lowest BCUT2D eigenvalue weighted by atomic mass is 10.1. The van der Waals surface area contributed by atoms with E-state index in [4.69, 9.17) is 0 Å². The second-order valence-electron chi connectivity index (χ2n) is 5.97. The predicted octanol–water partition coefficient (Wildman–Crippen LogP) is 4.16. The molecule has 2 heterocycles. The quantitative estimate of drug-likeness (QED) is 0.365. The van der Waals surface area contributed by atoms with Crippen LogP contribution in [0, 0.1) is 17.0 Å². The van der Waals surface area contributed by atoms with E-state index in [9.17, 15) is 14.9 Å². The van der Waals surface area contributed by atoms with E-state index >= 15 is 0 Å². The number of aromatic nitrogens is 3. The Morgan fingerprint density at radius 2 is 1.85 bits per heavy atom. The van der Waals surface area contributed by atoms with Gasteiger partial charge in [0.25, 0.3) is 5.69 Å². The van der Waals surface area contributed by atoms with E-state index in [1.165, 1.54) is 9.13 Å². The van der Waals surface area contributed by atoms with Crippen molar-refractivity contribution < 1.29 is 4.92 Å². The molecule has 0 unspecified atom stereocenters. The number of hydrogen-bond acceptors (Lipinski definition) is 4. The van der Waals surface area contributed by atoms with Gasteiger partial charge in [0.1, 0.15) is 11.5 Å². The molecule has 0 bridgehead atoms. The third-order valence-electron chi connectivity index (χ3n) is 4.32. The zero-order valence-electron chi connectivity index (χ0n) is 14.2. The van der Waals surface area contributed by atoms with Gasteiger partial charge in [-0.1, -0.05) is 34.1 Å². The van der Waals surface area contributed by atoms with Crippen LogP contribution in [0.5, 0.6) is 0 Å². The van der Waals surface area contributed by atoms with E-state index < -0.39 is 10.6 Å². The molecular weight excluding hydrogens is 412 g/mol. The third kappa shape index (κ3) is 2.74. The summed E-state index contributed by atoms with van der Waals surface area (Å²) in [7, 11) is 0. The summed E-state index contributed by atoms with van der Waals surface area (Å²) in [5.74, 6) is 0.448. The Morgan fingerprint density at radius 3 is 2.56 bits per heavy atom. The Hall–Kier alpha value is -3.26. The lowest BCUT2D eigenvalue weighted by molar-refractivity contribution is -0.385. The van der Waals surface area contributed by atoms with Gasteiger partial charge in [0.2, 0.25) is 0 Å². The molecule has 4 rings (SSSR count). The number of nitro groups is 1. The van der Waals surface area contributed by atoms with Crippen LogP contribution in [-0.4, -0.2) is 19.0 Å². The van der Waals surface area contributed by atoms with E-state index in [0.717, 1.165) is 4.47 Å². The summed E-state index contributed by atoms with van der Waals surface area (Å²) >= 11 is 3.42. The van der Waals surface area contributed by atoms with Crippen molar-refractivity contribution in [1.29, 1.82) is 0 Å². The summed E-state index contributed by atoms with van der Waals surface area (Å²) in [5, 5.41) is 11.7. The second kappa shape index (κ2) is 6.48. The molecule has 0 aliphatic carbocycles. The molecule has 27 heavy (non-hydrogen) atoms. The number of benzene rings is 2. The van der Waals surface area contributed by atoms with Gasteiger partial charge in [-0.25, -0.2) is 14.3 Å². The fourth-order valence-corrected chi connectivity index (χ4v) is 3.52. The van der Waals surface area contributed by atoms with Gasteiger partial charge in [0, 0.05) is 16.2 Å². The highest BCUT2D eigenvalue weighted by molar-refractivity contribution is 9.10. The molecule has 2 aromatic heterocycles. The molecule has 0 atom stereocenters. The SMILES string of the molecule is Cc1cccc(-n2c(=O)n(-c3ccccn3)c3ccc(Br)cc32)c1[N+](=O)[O-]. The van der Waals surface area contributed by atoms with E-state index in [1.54, 1.807) is 61.7 Å². The fraction of sp³-hybridized carbons (Fsp3) is 0.0526. The summed E-state index contributed by atoms with van der Waals surface area (Å²) in [6.45, 7) is 1.65. The van der Waals surface area contributed by atoms with Gasteiger partial charge in [-0.3, -0.25) is 14.7 Å². The molecule has 0 saturated heterocycles. The number of fused-ring (bicyclic) bond motifs is 1. The van der Waals surface area contributed by atoms with Crippen LogP contribution >= 0.6 is 15.9 Å². The Balaban J connectivity index is 2.17. The standard InChI is InChI=1S/C19H13BrN4O3/c1-12-5-4-6-15(18(12)24(26)27)22-16-11-13(20)8-9-14(16)23(19(22)25)17-7-2-3-10-21-17/h2-11H,1H3. The highest BCUT2D eigenvalue weighted by Crippen LogP contribution is 2.30. The Kier molecular flexibility index (Phi) is 4.12. The molecule has 8 heteroatoms. The Labute approximate surface area is 161 Å². The van der Waals surface area contributed by atoms with Crippen molar-refractivity contribution in [1.82, 2.24) is 14.1 Å². The zero-order valence-corrected chi connectivity index (χ0v) is 15.8. The van der Waals surface area contributed by atoms with Crippen molar-refractivity contribution in [3.63, 3.8) is 0 Å². The molecule has 0 amide bonds. The van der Waals surface area contributed by atoms with Crippen molar-refractivity contribution in [2.24, 2.45) is 0 Å². The maximum atomic E-state index is 13.3. The predicted molar refractivity (Wildman–Crippen MR) is 106 cm³/mol. The minimum Gasteiger partial charge on any atom is -0.258 e. The van der Waals surface area contributed by atoms with Crippen LogP contribution in [0.4, 0.5) is 5.69 Å². The normalized spacial score (nSPS) is 11.0. The molecule has 134 valence electrons. The van der Waals surface area contributed by atoms with Gasteiger partial charge in [-0.05, 0) is 43.3 Å². The minimum absolute atomic E-state index is 0.0975. The average Bonchev–Trinajstić information content (AvgIpc) is 2.92. The second-order valence-corrected chi connectivity index (χ2v) is 6.89. The smallest absolute Gasteiger partial charge is 0.258 e. The summed E-state index contributed by atoms with van der Waals surface area (Å²) in [5.41, 5.74) is 1.35. The maximum Gasteiger partial charge on any atom is 0.339 e. The Morgan fingerprint density at radius 1 is 1.04 bits per heavy atom. The number of para-hydroxylation sites is 1. The molecule has 0 spiro atoms. The highest BCUT2D eigenvalue weighted by atomic mass is 79.9. The van der Waals surface area contributed by atoms with Crippen molar-refractivity contribution >= 4 is 32.7 Å². The van der Waals surface area contributed by atoms with Gasteiger partial charge in [0.15, 0.2) is 0 Å². The van der Waals surface area contributed by atoms with E-state index in [2.05, 4.69) is 20.9 Å². The molecule has 0 fully saturated rings. The Bertz CT molecular complexity index is 1250. The van der Waals surface area contributed by atoms with Crippen LogP contribution in [-0.2, 0) is 0 Å². The summed E-state index contributed by atoms with van der Waals surface area (Å²) in [4.78, 5) is 28.8. The number of imidazole rings is 1. The molecule has 0 aliphatic rings. The first-order valence-corrected chi connectivity index (χ1v) is 8.87. The highest BCUT2D eigenvalue weighted by Gasteiger charge is 2.24. The fourth-order valence-electron chi connectivity index (χ4n) is 3.17. The zero-order chi connectivity index (χ0) is 19.1. The number of hydrogen-bond donors (Lipinski definition) is 0. The van der Waals surface area contributed by atoms with Crippen LogP contribution in [0.15, 0.2) is 70.1 Å². The molecule has 0 saturated carbocycles. The first-order chi connectivity index (χ1) is 13.0. The van der Waals surface area contributed by atoms with E-state index in [0.29, 0.717) is 22.4 Å². The number of nitrogens with zero attached hydrogens (tertiary/aromatic N) is 4. The molecule has 0 aliphatic heterocycles. The third-order valence-corrected chi connectivity index (χ3v) is 4.81. The number of rotatable bonds is 3. The van der Waals surface area contributed by atoms with Crippen LogP contribution in [0.25, 0.3) is 22.5 Å².